The minimum absolute atomic E-state index is 0.338. The van der Waals surface area contributed by atoms with Crippen molar-refractivity contribution in [1.82, 2.24) is 0 Å². The van der Waals surface area contributed by atoms with Crippen LogP contribution in [0.3, 0.4) is 0 Å². The van der Waals surface area contributed by atoms with Crippen LogP contribution in [-0.4, -0.2) is 13.2 Å². The molecular weight excluding hydrogens is 320 g/mol. The molecule has 134 valence electrons. The normalized spacial score (nSPS) is 21.8. The molecule has 0 aliphatic heterocycles. The van der Waals surface area contributed by atoms with Gasteiger partial charge in [0.1, 0.15) is 11.5 Å². The third-order valence-corrected chi connectivity index (χ3v) is 5.36. The molecule has 0 bridgehead atoms. The minimum Gasteiger partial charge on any atom is -0.498 e. The first-order valence-corrected chi connectivity index (χ1v) is 9.68. The molecule has 26 heavy (non-hydrogen) atoms. The zero-order chi connectivity index (χ0) is 17.9. The summed E-state index contributed by atoms with van der Waals surface area (Å²) in [6.07, 6.45) is 11.2. The molecule has 0 N–H and O–H groups in total. The largest absolute Gasteiger partial charge is 0.498 e. The fraction of sp³-hybridized carbons (Fsp3) is 0.333. The van der Waals surface area contributed by atoms with Crippen molar-refractivity contribution in [2.24, 2.45) is 11.8 Å². The average Bonchev–Trinajstić information content (AvgIpc) is 2.69. The van der Waals surface area contributed by atoms with Gasteiger partial charge in [-0.1, -0.05) is 54.6 Å². The third kappa shape index (κ3) is 3.05. The maximum absolute atomic E-state index is 6.11. The summed E-state index contributed by atoms with van der Waals surface area (Å²) in [6.45, 7) is 5.50. The molecule has 2 aliphatic rings. The van der Waals surface area contributed by atoms with Gasteiger partial charge in [0.25, 0.3) is 0 Å². The van der Waals surface area contributed by atoms with Crippen molar-refractivity contribution in [3.8, 4) is 5.75 Å². The van der Waals surface area contributed by atoms with Crippen LogP contribution in [-0.2, 0) is 4.74 Å². The summed E-state index contributed by atoms with van der Waals surface area (Å²) < 4.78 is 12.0. The van der Waals surface area contributed by atoms with Gasteiger partial charge in [0, 0.05) is 16.9 Å². The van der Waals surface area contributed by atoms with E-state index in [2.05, 4.69) is 74.5 Å². The van der Waals surface area contributed by atoms with Crippen LogP contribution in [0.25, 0.3) is 16.3 Å². The van der Waals surface area contributed by atoms with E-state index >= 15 is 0 Å². The Hall–Kier alpha value is -2.48. The lowest BCUT2D eigenvalue weighted by Gasteiger charge is -2.32. The van der Waals surface area contributed by atoms with Crippen LogP contribution in [0.15, 0.2) is 66.5 Å². The smallest absolute Gasteiger partial charge is 0.134 e. The van der Waals surface area contributed by atoms with Crippen LogP contribution < -0.4 is 4.74 Å². The van der Waals surface area contributed by atoms with E-state index in [0.717, 1.165) is 24.4 Å². The number of allylic oxidation sites excluding steroid dienone is 5. The van der Waals surface area contributed by atoms with Crippen LogP contribution in [0.4, 0.5) is 0 Å². The highest BCUT2D eigenvalue weighted by atomic mass is 16.5. The molecule has 2 unspecified atom stereocenters. The highest BCUT2D eigenvalue weighted by Crippen LogP contribution is 2.44. The van der Waals surface area contributed by atoms with Gasteiger partial charge in [-0.2, -0.15) is 0 Å². The predicted molar refractivity (Wildman–Crippen MR) is 108 cm³/mol. The molecular formula is C24H26O2. The van der Waals surface area contributed by atoms with Crippen molar-refractivity contribution in [3.63, 3.8) is 0 Å². The van der Waals surface area contributed by atoms with Crippen molar-refractivity contribution in [3.05, 3.63) is 72.0 Å². The van der Waals surface area contributed by atoms with Crippen LogP contribution in [0, 0.1) is 11.8 Å². The minimum atomic E-state index is 0.338. The number of fused-ring (bicyclic) bond motifs is 2. The van der Waals surface area contributed by atoms with Crippen molar-refractivity contribution >= 4 is 16.3 Å². The van der Waals surface area contributed by atoms with Crippen LogP contribution in [0.1, 0.15) is 32.3 Å². The van der Waals surface area contributed by atoms with Gasteiger partial charge in [0.05, 0.1) is 13.2 Å². The lowest BCUT2D eigenvalue weighted by molar-refractivity contribution is 0.184. The van der Waals surface area contributed by atoms with Gasteiger partial charge >= 0.3 is 0 Å². The maximum Gasteiger partial charge on any atom is 0.134 e. The number of benzene rings is 2. The van der Waals surface area contributed by atoms with Crippen molar-refractivity contribution < 1.29 is 9.47 Å². The highest BCUT2D eigenvalue weighted by molar-refractivity contribution is 5.93. The summed E-state index contributed by atoms with van der Waals surface area (Å²) in [7, 11) is 0. The summed E-state index contributed by atoms with van der Waals surface area (Å²) in [5.74, 6) is 2.99. The first-order valence-electron chi connectivity index (χ1n) is 9.68. The molecule has 2 aliphatic carbocycles. The van der Waals surface area contributed by atoms with E-state index in [1.807, 2.05) is 0 Å². The second-order valence-corrected chi connectivity index (χ2v) is 6.90. The molecule has 4 rings (SSSR count). The molecule has 0 radical (unpaired) electrons. The standard InChI is InChI=1S/C24H26O2/c1-3-25-23-11-7-9-18-12-13-19(16-22(18)23)21-15-14-17-8-5-6-10-20(17)24(21)26-4-2/h5-11,14-16,18,22H,3-4,12-13H2,1-2H3. The van der Waals surface area contributed by atoms with Gasteiger partial charge < -0.3 is 9.47 Å². The van der Waals surface area contributed by atoms with Gasteiger partial charge in [0.15, 0.2) is 0 Å². The third-order valence-electron chi connectivity index (χ3n) is 5.36. The van der Waals surface area contributed by atoms with E-state index in [0.29, 0.717) is 25.0 Å². The Kier molecular flexibility index (Phi) is 4.83. The summed E-state index contributed by atoms with van der Waals surface area (Å²) in [4.78, 5) is 0. The zero-order valence-electron chi connectivity index (χ0n) is 15.6. The van der Waals surface area contributed by atoms with Crippen LogP contribution in [0.5, 0.6) is 5.75 Å². The Morgan fingerprint density at radius 1 is 1.00 bits per heavy atom. The molecule has 0 aromatic heterocycles. The number of rotatable bonds is 5. The Morgan fingerprint density at radius 2 is 1.85 bits per heavy atom. The van der Waals surface area contributed by atoms with Crippen molar-refractivity contribution in [1.29, 1.82) is 0 Å². The second-order valence-electron chi connectivity index (χ2n) is 6.90. The lowest BCUT2D eigenvalue weighted by atomic mass is 9.76. The van der Waals surface area contributed by atoms with Gasteiger partial charge in [0.2, 0.25) is 0 Å². The topological polar surface area (TPSA) is 18.5 Å². The van der Waals surface area contributed by atoms with E-state index in [1.54, 1.807) is 0 Å². The molecule has 2 heteroatoms. The van der Waals surface area contributed by atoms with Crippen LogP contribution >= 0.6 is 0 Å². The number of hydrogen-bond donors (Lipinski definition) is 0. The monoisotopic (exact) mass is 346 g/mol. The summed E-state index contributed by atoms with van der Waals surface area (Å²) in [5.41, 5.74) is 2.61. The Bertz CT molecular complexity index is 888. The van der Waals surface area contributed by atoms with Gasteiger partial charge in [-0.15, -0.1) is 0 Å². The van der Waals surface area contributed by atoms with E-state index in [9.17, 15) is 0 Å². The van der Waals surface area contributed by atoms with Gasteiger partial charge in [-0.25, -0.2) is 0 Å². The van der Waals surface area contributed by atoms with E-state index < -0.39 is 0 Å². The molecule has 2 aromatic carbocycles. The first-order chi connectivity index (χ1) is 12.8. The van der Waals surface area contributed by atoms with Crippen molar-refractivity contribution in [2.45, 2.75) is 26.7 Å². The summed E-state index contributed by atoms with van der Waals surface area (Å²) >= 11 is 0. The van der Waals surface area contributed by atoms with Crippen molar-refractivity contribution in [2.75, 3.05) is 13.2 Å². The molecule has 0 heterocycles. The molecule has 0 saturated carbocycles. The number of hydrogen-bond acceptors (Lipinski definition) is 2. The highest BCUT2D eigenvalue weighted by Gasteiger charge is 2.30. The second kappa shape index (κ2) is 7.41. The number of ether oxygens (including phenoxy) is 2. The molecule has 0 saturated heterocycles. The van der Waals surface area contributed by atoms with E-state index in [1.165, 1.54) is 21.9 Å². The fourth-order valence-corrected chi connectivity index (χ4v) is 4.17. The molecule has 2 atom stereocenters. The lowest BCUT2D eigenvalue weighted by Crippen LogP contribution is -2.21. The predicted octanol–water partition coefficient (Wildman–Crippen LogP) is 6.14. The van der Waals surface area contributed by atoms with Gasteiger partial charge in [-0.3, -0.25) is 0 Å². The SMILES string of the molecule is CCOC1=CC=CC2CCC(c3ccc4ccccc4c3OCC)=CC12. The summed E-state index contributed by atoms with van der Waals surface area (Å²) in [6, 6.07) is 12.9. The molecule has 0 spiro atoms. The Balaban J connectivity index is 1.79. The van der Waals surface area contributed by atoms with E-state index in [-0.39, 0.29) is 0 Å². The zero-order valence-corrected chi connectivity index (χ0v) is 15.6. The van der Waals surface area contributed by atoms with Crippen LogP contribution in [0.2, 0.25) is 0 Å². The van der Waals surface area contributed by atoms with E-state index in [4.69, 9.17) is 9.47 Å². The Labute approximate surface area is 155 Å². The Morgan fingerprint density at radius 3 is 2.69 bits per heavy atom. The fourth-order valence-electron chi connectivity index (χ4n) is 4.17. The van der Waals surface area contributed by atoms with Gasteiger partial charge in [-0.05, 0) is 49.6 Å². The average molecular weight is 346 g/mol. The molecule has 2 aromatic rings. The summed E-state index contributed by atoms with van der Waals surface area (Å²) in [5, 5.41) is 2.42. The quantitative estimate of drug-likeness (QED) is 0.647. The molecule has 0 fully saturated rings. The molecule has 0 amide bonds. The first kappa shape index (κ1) is 17.0. The maximum atomic E-state index is 6.11. The molecule has 2 nitrogen and oxygen atoms in total.